The van der Waals surface area contributed by atoms with Gasteiger partial charge in [0, 0.05) is 18.5 Å². The normalized spacial score (nSPS) is 13.2. The second-order valence-electron chi connectivity index (χ2n) is 6.02. The van der Waals surface area contributed by atoms with E-state index in [0.717, 1.165) is 18.7 Å². The fraction of sp³-hybridized carbons (Fsp3) is 0.800. The van der Waals surface area contributed by atoms with Gasteiger partial charge in [-0.3, -0.25) is 9.89 Å². The highest BCUT2D eigenvalue weighted by Gasteiger charge is 2.22. The van der Waals surface area contributed by atoms with Gasteiger partial charge in [0.2, 0.25) is 5.82 Å². The van der Waals surface area contributed by atoms with Crippen molar-refractivity contribution in [1.29, 1.82) is 0 Å². The minimum Gasteiger partial charge on any atom is -0.348 e. The Labute approximate surface area is 127 Å². The van der Waals surface area contributed by atoms with Gasteiger partial charge in [0.15, 0.2) is 0 Å². The number of aromatic nitrogens is 3. The lowest BCUT2D eigenvalue weighted by Crippen LogP contribution is -2.44. The minimum atomic E-state index is -0.212. The first kappa shape index (κ1) is 17.6. The van der Waals surface area contributed by atoms with E-state index in [1.54, 1.807) is 0 Å². The van der Waals surface area contributed by atoms with Crippen molar-refractivity contribution in [3.63, 3.8) is 0 Å². The average Bonchev–Trinajstić information content (AvgIpc) is 2.92. The van der Waals surface area contributed by atoms with Gasteiger partial charge in [0.25, 0.3) is 5.91 Å². The number of hydrogen-bond donors (Lipinski definition) is 2. The summed E-state index contributed by atoms with van der Waals surface area (Å²) in [7, 11) is 4.11. The van der Waals surface area contributed by atoms with Gasteiger partial charge in [-0.2, -0.15) is 0 Å². The molecule has 6 heteroatoms. The van der Waals surface area contributed by atoms with E-state index in [9.17, 15) is 4.79 Å². The van der Waals surface area contributed by atoms with Crippen LogP contribution in [-0.4, -0.2) is 52.7 Å². The summed E-state index contributed by atoms with van der Waals surface area (Å²) in [5.41, 5.74) is 0. The quantitative estimate of drug-likeness (QED) is 0.769. The Morgan fingerprint density at radius 1 is 1.29 bits per heavy atom. The maximum absolute atomic E-state index is 12.1. The molecule has 2 N–H and O–H groups in total. The zero-order chi connectivity index (χ0) is 16.0. The molecule has 0 aliphatic heterocycles. The van der Waals surface area contributed by atoms with Crippen LogP contribution in [0.2, 0.25) is 0 Å². The predicted octanol–water partition coefficient (Wildman–Crippen LogP) is 2.02. The Morgan fingerprint density at radius 2 is 1.90 bits per heavy atom. The lowest BCUT2D eigenvalue weighted by Gasteiger charge is -2.31. The molecule has 0 spiro atoms. The van der Waals surface area contributed by atoms with Gasteiger partial charge in [0.05, 0.1) is 0 Å². The van der Waals surface area contributed by atoms with E-state index in [1.807, 2.05) is 13.8 Å². The van der Waals surface area contributed by atoms with Crippen LogP contribution in [0.15, 0.2) is 0 Å². The molecule has 0 fully saturated rings. The zero-order valence-electron chi connectivity index (χ0n) is 14.1. The molecule has 0 aliphatic rings. The Balaban J connectivity index is 2.64. The lowest BCUT2D eigenvalue weighted by atomic mass is 9.93. The standard InChI is InChI=1S/C15H29N5O/c1-7-11(8-2)12(20(5)6)9-16-15(21)14-17-13(10(3)4)18-19-14/h10-12H,7-9H2,1-6H3,(H,16,21)(H,17,18,19). The van der Waals surface area contributed by atoms with Crippen molar-refractivity contribution >= 4 is 5.91 Å². The SMILES string of the molecule is CCC(CC)C(CNC(=O)c1n[nH]c(C(C)C)n1)N(C)C. The summed E-state index contributed by atoms with van der Waals surface area (Å²) < 4.78 is 0. The van der Waals surface area contributed by atoms with Crippen molar-refractivity contribution in [3.05, 3.63) is 11.6 Å². The fourth-order valence-corrected chi connectivity index (χ4v) is 2.51. The highest BCUT2D eigenvalue weighted by molar-refractivity contribution is 5.90. The van der Waals surface area contributed by atoms with Crippen LogP contribution in [0.1, 0.15) is 62.9 Å². The number of hydrogen-bond acceptors (Lipinski definition) is 4. The number of nitrogens with one attached hydrogen (secondary N) is 2. The lowest BCUT2D eigenvalue weighted by molar-refractivity contribution is 0.0918. The molecule has 120 valence electrons. The monoisotopic (exact) mass is 295 g/mol. The van der Waals surface area contributed by atoms with E-state index in [-0.39, 0.29) is 17.6 Å². The Morgan fingerprint density at radius 3 is 2.33 bits per heavy atom. The summed E-state index contributed by atoms with van der Waals surface area (Å²) in [4.78, 5) is 18.5. The van der Waals surface area contributed by atoms with Crippen molar-refractivity contribution in [1.82, 2.24) is 25.4 Å². The van der Waals surface area contributed by atoms with Crippen LogP contribution in [0.3, 0.4) is 0 Å². The van der Waals surface area contributed by atoms with Crippen LogP contribution >= 0.6 is 0 Å². The smallest absolute Gasteiger partial charge is 0.291 e. The van der Waals surface area contributed by atoms with Crippen LogP contribution in [0.5, 0.6) is 0 Å². The van der Waals surface area contributed by atoms with Crippen molar-refractivity contribution < 1.29 is 4.79 Å². The number of carbonyl (C=O) groups excluding carboxylic acids is 1. The summed E-state index contributed by atoms with van der Waals surface area (Å²) >= 11 is 0. The van der Waals surface area contributed by atoms with Crippen molar-refractivity contribution in [3.8, 4) is 0 Å². The van der Waals surface area contributed by atoms with Crippen molar-refractivity contribution in [2.45, 2.75) is 52.5 Å². The van der Waals surface area contributed by atoms with E-state index in [1.165, 1.54) is 0 Å². The number of aromatic amines is 1. The van der Waals surface area contributed by atoms with Crippen LogP contribution in [-0.2, 0) is 0 Å². The summed E-state index contributed by atoms with van der Waals surface area (Å²) in [6.45, 7) is 9.02. The molecule has 1 aromatic heterocycles. The molecule has 6 nitrogen and oxygen atoms in total. The van der Waals surface area contributed by atoms with Gasteiger partial charge in [0.1, 0.15) is 5.82 Å². The van der Waals surface area contributed by atoms with E-state index in [4.69, 9.17) is 0 Å². The molecule has 1 rings (SSSR count). The topological polar surface area (TPSA) is 73.9 Å². The molecule has 0 saturated heterocycles. The van der Waals surface area contributed by atoms with Gasteiger partial charge >= 0.3 is 0 Å². The Kier molecular flexibility index (Phi) is 6.81. The average molecular weight is 295 g/mol. The summed E-state index contributed by atoms with van der Waals surface area (Å²) in [5.74, 6) is 1.55. The van der Waals surface area contributed by atoms with Gasteiger partial charge in [-0.1, -0.05) is 40.5 Å². The third-order valence-corrected chi connectivity index (χ3v) is 3.98. The highest BCUT2D eigenvalue weighted by atomic mass is 16.2. The number of rotatable bonds is 8. The molecule has 1 heterocycles. The molecule has 0 saturated carbocycles. The minimum absolute atomic E-state index is 0.212. The van der Waals surface area contributed by atoms with Gasteiger partial charge < -0.3 is 10.2 Å². The molecule has 0 aliphatic carbocycles. The molecule has 21 heavy (non-hydrogen) atoms. The first-order valence-electron chi connectivity index (χ1n) is 7.77. The number of amides is 1. The summed E-state index contributed by atoms with van der Waals surface area (Å²) in [6.07, 6.45) is 2.21. The van der Waals surface area contributed by atoms with Gasteiger partial charge in [-0.15, -0.1) is 5.10 Å². The number of likely N-dealkylation sites (N-methyl/N-ethyl adjacent to an activating group) is 1. The molecule has 1 amide bonds. The molecule has 1 unspecified atom stereocenters. The Hall–Kier alpha value is -1.43. The first-order chi connectivity index (χ1) is 9.90. The van der Waals surface area contributed by atoms with E-state index in [2.05, 4.69) is 53.3 Å². The van der Waals surface area contributed by atoms with E-state index >= 15 is 0 Å². The summed E-state index contributed by atoms with van der Waals surface area (Å²) in [5, 5.41) is 9.75. The maximum Gasteiger partial charge on any atom is 0.291 e. The first-order valence-corrected chi connectivity index (χ1v) is 7.77. The number of nitrogens with zero attached hydrogens (tertiary/aromatic N) is 3. The van der Waals surface area contributed by atoms with E-state index < -0.39 is 0 Å². The fourth-order valence-electron chi connectivity index (χ4n) is 2.51. The molecule has 0 aromatic carbocycles. The zero-order valence-corrected chi connectivity index (χ0v) is 14.1. The molecule has 0 radical (unpaired) electrons. The molecule has 0 bridgehead atoms. The summed E-state index contributed by atoms with van der Waals surface area (Å²) in [6, 6.07) is 0.326. The second-order valence-corrected chi connectivity index (χ2v) is 6.02. The van der Waals surface area contributed by atoms with Crippen LogP contribution in [0, 0.1) is 5.92 Å². The maximum atomic E-state index is 12.1. The van der Waals surface area contributed by atoms with Crippen LogP contribution in [0.4, 0.5) is 0 Å². The number of H-pyrrole nitrogens is 1. The number of carbonyl (C=O) groups is 1. The van der Waals surface area contributed by atoms with E-state index in [0.29, 0.717) is 18.5 Å². The second kappa shape index (κ2) is 8.12. The molecule has 1 atom stereocenters. The predicted molar refractivity (Wildman–Crippen MR) is 84.4 cm³/mol. The van der Waals surface area contributed by atoms with Crippen molar-refractivity contribution in [2.24, 2.45) is 5.92 Å². The largest absolute Gasteiger partial charge is 0.348 e. The van der Waals surface area contributed by atoms with Gasteiger partial charge in [-0.05, 0) is 20.0 Å². The Bertz CT molecular complexity index is 437. The van der Waals surface area contributed by atoms with Crippen LogP contribution in [0.25, 0.3) is 0 Å². The highest BCUT2D eigenvalue weighted by Crippen LogP contribution is 2.16. The van der Waals surface area contributed by atoms with Crippen LogP contribution < -0.4 is 5.32 Å². The molecular weight excluding hydrogens is 266 g/mol. The third kappa shape index (κ3) is 4.81. The third-order valence-electron chi connectivity index (χ3n) is 3.98. The van der Waals surface area contributed by atoms with Crippen molar-refractivity contribution in [2.75, 3.05) is 20.6 Å². The molecular formula is C15H29N5O. The van der Waals surface area contributed by atoms with Gasteiger partial charge in [-0.25, -0.2) is 4.98 Å². The molecule has 1 aromatic rings.